The second kappa shape index (κ2) is 5.78. The first-order valence-corrected chi connectivity index (χ1v) is 9.55. The third kappa shape index (κ3) is 7.47. The van der Waals surface area contributed by atoms with Gasteiger partial charge in [0.1, 0.15) is 0 Å². The third-order valence-corrected chi connectivity index (χ3v) is 6.24. The van der Waals surface area contributed by atoms with E-state index < -0.39 is 24.9 Å². The molecule has 0 aliphatic carbocycles. The summed E-state index contributed by atoms with van der Waals surface area (Å²) in [6, 6.07) is -0.225. The van der Waals surface area contributed by atoms with E-state index in [-0.39, 0.29) is 12.0 Å². The van der Waals surface area contributed by atoms with Crippen LogP contribution in [0.1, 0.15) is 13.8 Å². The van der Waals surface area contributed by atoms with Crippen LogP contribution in [-0.4, -0.2) is 38.6 Å². The summed E-state index contributed by atoms with van der Waals surface area (Å²) in [7, 11) is -7.25. The Morgan fingerprint density at radius 2 is 1.67 bits per heavy atom. The minimum absolute atomic E-state index is 0.135. The quantitative estimate of drug-likeness (QED) is 0.542. The highest BCUT2D eigenvalue weighted by Gasteiger charge is 2.23. The zero-order valence-electron chi connectivity index (χ0n) is 8.90. The summed E-state index contributed by atoms with van der Waals surface area (Å²) in [5.74, 6) is 0.135. The Bertz CT molecular complexity index is 387. The van der Waals surface area contributed by atoms with Gasteiger partial charge in [0, 0.05) is 16.7 Å². The SMILES string of the molecule is CC(C)C(CI)NS(=O)(=O)CS(C)(=O)=O. The number of nitrogens with one attached hydrogen (secondary N) is 1. The summed E-state index contributed by atoms with van der Waals surface area (Å²) in [5.41, 5.74) is 0. The first kappa shape index (κ1) is 15.6. The molecular formula is C7H16INO4S2. The van der Waals surface area contributed by atoms with E-state index in [2.05, 4.69) is 27.3 Å². The molecule has 0 aromatic heterocycles. The Hall–Kier alpha value is 0.590. The molecule has 0 saturated carbocycles. The molecule has 0 aromatic rings. The van der Waals surface area contributed by atoms with Crippen molar-refractivity contribution in [1.82, 2.24) is 4.72 Å². The van der Waals surface area contributed by atoms with E-state index in [9.17, 15) is 16.8 Å². The lowest BCUT2D eigenvalue weighted by atomic mass is 10.1. The van der Waals surface area contributed by atoms with Crippen LogP contribution in [-0.2, 0) is 19.9 Å². The maximum absolute atomic E-state index is 11.4. The molecule has 92 valence electrons. The van der Waals surface area contributed by atoms with Gasteiger partial charge in [-0.15, -0.1) is 0 Å². The van der Waals surface area contributed by atoms with Crippen LogP contribution in [0.15, 0.2) is 0 Å². The van der Waals surface area contributed by atoms with Gasteiger partial charge in [0.2, 0.25) is 10.0 Å². The topological polar surface area (TPSA) is 80.3 Å². The number of hydrogen-bond acceptors (Lipinski definition) is 4. The summed E-state index contributed by atoms with van der Waals surface area (Å²) in [5, 5.41) is -0.847. The summed E-state index contributed by atoms with van der Waals surface area (Å²) >= 11 is 2.07. The van der Waals surface area contributed by atoms with Crippen LogP contribution in [0, 0.1) is 5.92 Å². The Labute approximate surface area is 105 Å². The van der Waals surface area contributed by atoms with Gasteiger partial charge in [-0.05, 0) is 5.92 Å². The molecule has 0 aliphatic rings. The van der Waals surface area contributed by atoms with Crippen molar-refractivity contribution in [3.05, 3.63) is 0 Å². The van der Waals surface area contributed by atoms with Gasteiger partial charge >= 0.3 is 0 Å². The number of sulfonamides is 1. The molecule has 8 heteroatoms. The minimum atomic E-state index is -3.74. The van der Waals surface area contributed by atoms with Crippen LogP contribution < -0.4 is 4.72 Å². The fourth-order valence-electron chi connectivity index (χ4n) is 0.892. The highest BCUT2D eigenvalue weighted by molar-refractivity contribution is 14.1. The van der Waals surface area contributed by atoms with Crippen molar-refractivity contribution in [3.63, 3.8) is 0 Å². The predicted molar refractivity (Wildman–Crippen MR) is 69.3 cm³/mol. The summed E-state index contributed by atoms with van der Waals surface area (Å²) in [6.07, 6.45) is 0.903. The highest BCUT2D eigenvalue weighted by Crippen LogP contribution is 2.07. The van der Waals surface area contributed by atoms with Crippen molar-refractivity contribution in [2.75, 3.05) is 15.8 Å². The monoisotopic (exact) mass is 369 g/mol. The Morgan fingerprint density at radius 3 is 1.93 bits per heavy atom. The maximum atomic E-state index is 11.4. The Kier molecular flexibility index (Phi) is 6.01. The molecule has 1 atom stereocenters. The first-order valence-electron chi connectivity index (χ1n) is 4.31. The fraction of sp³-hybridized carbons (Fsp3) is 1.00. The molecule has 0 spiro atoms. The van der Waals surface area contributed by atoms with Crippen molar-refractivity contribution in [3.8, 4) is 0 Å². The van der Waals surface area contributed by atoms with Crippen LogP contribution in [0.4, 0.5) is 0 Å². The number of rotatable bonds is 6. The van der Waals surface area contributed by atoms with E-state index in [1.54, 1.807) is 0 Å². The smallest absolute Gasteiger partial charge is 0.226 e. The molecule has 0 aliphatic heterocycles. The van der Waals surface area contributed by atoms with Crippen molar-refractivity contribution >= 4 is 42.5 Å². The molecule has 0 amide bonds. The number of halogens is 1. The predicted octanol–water partition coefficient (Wildman–Crippen LogP) is 0.368. The van der Waals surface area contributed by atoms with Crippen molar-refractivity contribution in [2.24, 2.45) is 5.92 Å². The van der Waals surface area contributed by atoms with Gasteiger partial charge < -0.3 is 0 Å². The summed E-state index contributed by atoms with van der Waals surface area (Å²) in [4.78, 5) is 0. The molecule has 0 rings (SSSR count). The Balaban J connectivity index is 4.65. The highest BCUT2D eigenvalue weighted by atomic mass is 127. The van der Waals surface area contributed by atoms with Crippen molar-refractivity contribution < 1.29 is 16.8 Å². The van der Waals surface area contributed by atoms with Crippen molar-refractivity contribution in [2.45, 2.75) is 19.9 Å². The normalized spacial score (nSPS) is 15.5. The Morgan fingerprint density at radius 1 is 1.20 bits per heavy atom. The van der Waals surface area contributed by atoms with E-state index in [0.717, 1.165) is 6.26 Å². The molecular weight excluding hydrogens is 353 g/mol. The fourth-order valence-corrected chi connectivity index (χ4v) is 5.77. The van der Waals surface area contributed by atoms with Gasteiger partial charge in [0.25, 0.3) is 0 Å². The van der Waals surface area contributed by atoms with E-state index in [0.29, 0.717) is 4.43 Å². The molecule has 0 bridgehead atoms. The summed E-state index contributed by atoms with van der Waals surface area (Å²) in [6.45, 7) is 3.76. The lowest BCUT2D eigenvalue weighted by Gasteiger charge is -2.19. The zero-order chi connectivity index (χ0) is 12.3. The minimum Gasteiger partial charge on any atom is -0.228 e. The molecule has 1 unspecified atom stereocenters. The van der Waals surface area contributed by atoms with Crippen LogP contribution >= 0.6 is 22.6 Å². The zero-order valence-corrected chi connectivity index (χ0v) is 12.7. The second-order valence-corrected chi connectivity index (χ2v) is 8.92. The standard InChI is InChI=1S/C7H16INO4S2/c1-6(2)7(4-8)9-15(12,13)5-14(3,10)11/h6-7,9H,4-5H2,1-3H3. The molecule has 0 radical (unpaired) electrons. The molecule has 0 fully saturated rings. The molecule has 0 aromatic carbocycles. The maximum Gasteiger partial charge on any atom is 0.226 e. The van der Waals surface area contributed by atoms with Crippen LogP contribution in [0.2, 0.25) is 0 Å². The largest absolute Gasteiger partial charge is 0.228 e. The molecule has 1 N–H and O–H groups in total. The lowest BCUT2D eigenvalue weighted by molar-refractivity contribution is 0.487. The average molecular weight is 369 g/mol. The van der Waals surface area contributed by atoms with Gasteiger partial charge in [-0.25, -0.2) is 21.6 Å². The molecule has 0 saturated heterocycles. The second-order valence-electron chi connectivity index (χ2n) is 3.78. The van der Waals surface area contributed by atoms with Crippen LogP contribution in [0.25, 0.3) is 0 Å². The molecule has 0 heterocycles. The average Bonchev–Trinajstić information content (AvgIpc) is 1.94. The van der Waals surface area contributed by atoms with Gasteiger partial charge in [-0.3, -0.25) is 0 Å². The van der Waals surface area contributed by atoms with E-state index >= 15 is 0 Å². The number of alkyl halides is 1. The number of hydrogen-bond donors (Lipinski definition) is 1. The van der Waals surface area contributed by atoms with E-state index in [1.807, 2.05) is 13.8 Å². The van der Waals surface area contributed by atoms with E-state index in [4.69, 9.17) is 0 Å². The van der Waals surface area contributed by atoms with Gasteiger partial charge in [-0.1, -0.05) is 36.4 Å². The van der Waals surface area contributed by atoms with Gasteiger partial charge in [-0.2, -0.15) is 0 Å². The van der Waals surface area contributed by atoms with Crippen LogP contribution in [0.5, 0.6) is 0 Å². The van der Waals surface area contributed by atoms with Gasteiger partial charge in [0.05, 0.1) is 0 Å². The van der Waals surface area contributed by atoms with Gasteiger partial charge in [0.15, 0.2) is 14.9 Å². The number of sulfone groups is 1. The molecule has 15 heavy (non-hydrogen) atoms. The molecule has 5 nitrogen and oxygen atoms in total. The lowest BCUT2D eigenvalue weighted by Crippen LogP contribution is -2.42. The first-order chi connectivity index (χ1) is 6.57. The van der Waals surface area contributed by atoms with Crippen molar-refractivity contribution in [1.29, 1.82) is 0 Å². The van der Waals surface area contributed by atoms with Crippen LogP contribution in [0.3, 0.4) is 0 Å². The third-order valence-electron chi connectivity index (χ3n) is 1.67. The van der Waals surface area contributed by atoms with E-state index in [1.165, 1.54) is 0 Å². The summed E-state index contributed by atoms with van der Waals surface area (Å²) < 4.78 is 47.6.